The lowest BCUT2D eigenvalue weighted by atomic mass is 10.2. The number of hydrogen-bond acceptors (Lipinski definition) is 6. The van der Waals surface area contributed by atoms with Crippen molar-refractivity contribution in [1.29, 1.82) is 0 Å². The Hall–Kier alpha value is -3.00. The monoisotopic (exact) mass is 356 g/mol. The van der Waals surface area contributed by atoms with Crippen LogP contribution in [0, 0.1) is 0 Å². The first-order chi connectivity index (χ1) is 12.2. The van der Waals surface area contributed by atoms with Gasteiger partial charge in [0.1, 0.15) is 11.5 Å². The van der Waals surface area contributed by atoms with Gasteiger partial charge in [-0.2, -0.15) is 0 Å². The molecule has 0 bridgehead atoms. The van der Waals surface area contributed by atoms with Gasteiger partial charge in [-0.3, -0.25) is 9.89 Å². The van der Waals surface area contributed by atoms with Gasteiger partial charge in [-0.25, -0.2) is 4.98 Å². The van der Waals surface area contributed by atoms with E-state index < -0.39 is 0 Å². The molecule has 0 aliphatic heterocycles. The SMILES string of the molecule is COc1ccc(-c2nc(SCC(=O)Nc3ccccc3O)n[nH]2)cc1. The van der Waals surface area contributed by atoms with E-state index in [1.54, 1.807) is 25.3 Å². The number of carbonyl (C=O) groups is 1. The van der Waals surface area contributed by atoms with Gasteiger partial charge in [-0.05, 0) is 36.4 Å². The van der Waals surface area contributed by atoms with Crippen LogP contribution < -0.4 is 10.1 Å². The number of nitrogens with one attached hydrogen (secondary N) is 2. The fraction of sp³-hybridized carbons (Fsp3) is 0.118. The minimum atomic E-state index is -0.248. The highest BCUT2D eigenvalue weighted by Gasteiger charge is 2.10. The van der Waals surface area contributed by atoms with Crippen molar-refractivity contribution in [2.75, 3.05) is 18.2 Å². The molecule has 0 aliphatic rings. The summed E-state index contributed by atoms with van der Waals surface area (Å²) in [6.45, 7) is 0. The van der Waals surface area contributed by atoms with Crippen molar-refractivity contribution in [1.82, 2.24) is 15.2 Å². The van der Waals surface area contributed by atoms with Gasteiger partial charge < -0.3 is 15.2 Å². The number of amides is 1. The Morgan fingerprint density at radius 3 is 2.72 bits per heavy atom. The molecule has 0 aliphatic carbocycles. The molecule has 0 spiro atoms. The van der Waals surface area contributed by atoms with E-state index >= 15 is 0 Å². The number of H-pyrrole nitrogens is 1. The number of methoxy groups -OCH3 is 1. The summed E-state index contributed by atoms with van der Waals surface area (Å²) in [5, 5.41) is 19.7. The predicted octanol–water partition coefficient (Wildman–Crippen LogP) is 2.92. The van der Waals surface area contributed by atoms with E-state index in [4.69, 9.17) is 4.74 Å². The van der Waals surface area contributed by atoms with Crippen molar-refractivity contribution in [3.8, 4) is 22.9 Å². The number of thioether (sulfide) groups is 1. The first kappa shape index (κ1) is 16.8. The molecule has 3 aromatic rings. The van der Waals surface area contributed by atoms with Gasteiger partial charge in [0.25, 0.3) is 0 Å². The largest absolute Gasteiger partial charge is 0.506 e. The fourth-order valence-corrected chi connectivity index (χ4v) is 2.68. The molecule has 0 saturated carbocycles. The van der Waals surface area contributed by atoms with Crippen LogP contribution in [0.4, 0.5) is 5.69 Å². The molecule has 3 N–H and O–H groups in total. The summed E-state index contributed by atoms with van der Waals surface area (Å²) in [4.78, 5) is 16.3. The highest BCUT2D eigenvalue weighted by Crippen LogP contribution is 2.23. The topological polar surface area (TPSA) is 100 Å². The quantitative estimate of drug-likeness (QED) is 0.464. The van der Waals surface area contributed by atoms with Crippen molar-refractivity contribution in [2.45, 2.75) is 5.16 Å². The highest BCUT2D eigenvalue weighted by molar-refractivity contribution is 7.99. The van der Waals surface area contributed by atoms with E-state index in [-0.39, 0.29) is 17.4 Å². The highest BCUT2D eigenvalue weighted by atomic mass is 32.2. The second-order valence-electron chi connectivity index (χ2n) is 5.05. The van der Waals surface area contributed by atoms with Crippen molar-refractivity contribution < 1.29 is 14.6 Å². The van der Waals surface area contributed by atoms with Gasteiger partial charge in [0, 0.05) is 5.56 Å². The third-order valence-electron chi connectivity index (χ3n) is 3.34. The Balaban J connectivity index is 1.58. The molecule has 0 saturated heterocycles. The Morgan fingerprint density at radius 1 is 1.24 bits per heavy atom. The van der Waals surface area contributed by atoms with Crippen LogP contribution in [0.15, 0.2) is 53.7 Å². The number of phenols is 1. The molecule has 1 aromatic heterocycles. The molecule has 3 rings (SSSR count). The van der Waals surface area contributed by atoms with Crippen molar-refractivity contribution in [3.63, 3.8) is 0 Å². The van der Waals surface area contributed by atoms with Crippen LogP contribution in [-0.4, -0.2) is 39.1 Å². The average Bonchev–Trinajstić information content (AvgIpc) is 3.11. The zero-order chi connectivity index (χ0) is 17.6. The first-order valence-electron chi connectivity index (χ1n) is 7.43. The standard InChI is InChI=1S/C17H16N4O3S/c1-24-12-8-6-11(7-9-12)16-19-17(21-20-16)25-10-15(23)18-13-4-2-3-5-14(13)22/h2-9,22H,10H2,1H3,(H,18,23)(H,19,20,21). The van der Waals surface area contributed by atoms with E-state index in [1.165, 1.54) is 17.8 Å². The fourth-order valence-electron chi connectivity index (χ4n) is 2.08. The normalized spacial score (nSPS) is 10.4. The van der Waals surface area contributed by atoms with E-state index in [0.29, 0.717) is 16.7 Å². The van der Waals surface area contributed by atoms with Crippen LogP contribution in [0.1, 0.15) is 0 Å². The lowest BCUT2D eigenvalue weighted by Crippen LogP contribution is -2.14. The molecule has 1 amide bonds. The molecule has 0 unspecified atom stereocenters. The lowest BCUT2D eigenvalue weighted by molar-refractivity contribution is -0.113. The van der Waals surface area contributed by atoms with E-state index in [2.05, 4.69) is 20.5 Å². The summed E-state index contributed by atoms with van der Waals surface area (Å²) in [7, 11) is 1.61. The summed E-state index contributed by atoms with van der Waals surface area (Å²) < 4.78 is 5.12. The summed E-state index contributed by atoms with van der Waals surface area (Å²) in [6, 6.07) is 14.0. The number of phenolic OH excluding ortho intramolecular Hbond substituents is 1. The first-order valence-corrected chi connectivity index (χ1v) is 8.42. The number of rotatable bonds is 6. The third-order valence-corrected chi connectivity index (χ3v) is 4.19. The number of aromatic nitrogens is 3. The molecule has 7 nitrogen and oxygen atoms in total. The number of para-hydroxylation sites is 2. The number of aromatic amines is 1. The maximum atomic E-state index is 12.0. The van der Waals surface area contributed by atoms with Gasteiger partial charge in [-0.15, -0.1) is 5.10 Å². The van der Waals surface area contributed by atoms with E-state index in [1.807, 2.05) is 24.3 Å². The Morgan fingerprint density at radius 2 is 2.00 bits per heavy atom. The molecule has 1 heterocycles. The predicted molar refractivity (Wildman–Crippen MR) is 95.8 cm³/mol. The van der Waals surface area contributed by atoms with E-state index in [9.17, 15) is 9.90 Å². The second-order valence-corrected chi connectivity index (χ2v) is 5.99. The molecule has 2 aromatic carbocycles. The van der Waals surface area contributed by atoms with Crippen LogP contribution >= 0.6 is 11.8 Å². The van der Waals surface area contributed by atoms with Gasteiger partial charge in [0.05, 0.1) is 18.6 Å². The number of benzene rings is 2. The maximum Gasteiger partial charge on any atom is 0.234 e. The van der Waals surface area contributed by atoms with Crippen molar-refractivity contribution in [3.05, 3.63) is 48.5 Å². The van der Waals surface area contributed by atoms with Crippen LogP contribution in [-0.2, 0) is 4.79 Å². The Bertz CT molecular complexity index is 864. The van der Waals surface area contributed by atoms with Crippen molar-refractivity contribution >= 4 is 23.4 Å². The Kier molecular flexibility index (Phi) is 5.20. The van der Waals surface area contributed by atoms with Gasteiger partial charge >= 0.3 is 0 Å². The minimum Gasteiger partial charge on any atom is -0.506 e. The molecular weight excluding hydrogens is 340 g/mol. The third kappa shape index (κ3) is 4.30. The van der Waals surface area contributed by atoms with Gasteiger partial charge in [0.15, 0.2) is 5.82 Å². The molecule has 25 heavy (non-hydrogen) atoms. The summed E-state index contributed by atoms with van der Waals surface area (Å²) in [5.74, 6) is 1.29. The molecule has 0 radical (unpaired) electrons. The summed E-state index contributed by atoms with van der Waals surface area (Å²) in [5.41, 5.74) is 1.25. The van der Waals surface area contributed by atoms with Crippen LogP contribution in [0.5, 0.6) is 11.5 Å². The Labute approximate surface area is 148 Å². The summed E-state index contributed by atoms with van der Waals surface area (Å²) >= 11 is 1.20. The minimum absolute atomic E-state index is 0.0283. The van der Waals surface area contributed by atoms with Gasteiger partial charge in [-0.1, -0.05) is 23.9 Å². The number of carbonyl (C=O) groups excluding carboxylic acids is 1. The summed E-state index contributed by atoms with van der Waals surface area (Å²) in [6.07, 6.45) is 0. The maximum absolute atomic E-state index is 12.0. The van der Waals surface area contributed by atoms with Crippen LogP contribution in [0.25, 0.3) is 11.4 Å². The number of ether oxygens (including phenoxy) is 1. The molecular formula is C17H16N4O3S. The number of anilines is 1. The van der Waals surface area contributed by atoms with Crippen LogP contribution in [0.2, 0.25) is 0 Å². The number of nitrogens with zero attached hydrogens (tertiary/aromatic N) is 2. The number of aromatic hydroxyl groups is 1. The van der Waals surface area contributed by atoms with Crippen molar-refractivity contribution in [2.24, 2.45) is 0 Å². The average molecular weight is 356 g/mol. The zero-order valence-electron chi connectivity index (χ0n) is 13.4. The number of hydrogen-bond donors (Lipinski definition) is 3. The lowest BCUT2D eigenvalue weighted by Gasteiger charge is -2.05. The molecule has 0 atom stereocenters. The van der Waals surface area contributed by atoms with E-state index in [0.717, 1.165) is 11.3 Å². The zero-order valence-corrected chi connectivity index (χ0v) is 14.2. The molecule has 8 heteroatoms. The van der Waals surface area contributed by atoms with Crippen LogP contribution in [0.3, 0.4) is 0 Å². The van der Waals surface area contributed by atoms with Gasteiger partial charge in [0.2, 0.25) is 11.1 Å². The second kappa shape index (κ2) is 7.71. The molecule has 0 fully saturated rings. The smallest absolute Gasteiger partial charge is 0.234 e. The molecule has 128 valence electrons.